The van der Waals surface area contributed by atoms with Gasteiger partial charge in [0.05, 0.1) is 17.8 Å². The predicted molar refractivity (Wildman–Crippen MR) is 71.6 cm³/mol. The number of hydrogen-bond acceptors (Lipinski definition) is 4. The molecule has 0 unspecified atom stereocenters. The zero-order chi connectivity index (χ0) is 13.8. The van der Waals surface area contributed by atoms with Crippen LogP contribution in [0.15, 0.2) is 18.2 Å². The minimum absolute atomic E-state index is 0.281. The van der Waals surface area contributed by atoms with E-state index in [0.29, 0.717) is 24.3 Å². The molecule has 0 saturated carbocycles. The number of hydrogen-bond donors (Lipinski definition) is 1. The number of rotatable bonds is 5. The summed E-state index contributed by atoms with van der Waals surface area (Å²) in [5.41, 5.74) is 7.38. The van der Waals surface area contributed by atoms with Crippen LogP contribution in [0.3, 0.4) is 0 Å². The Morgan fingerprint density at radius 3 is 2.61 bits per heavy atom. The molecule has 1 aromatic rings. The summed E-state index contributed by atoms with van der Waals surface area (Å²) in [4.78, 5) is 11.8. The molecule has 0 radical (unpaired) electrons. The fourth-order valence-electron chi connectivity index (χ4n) is 1.49. The molecule has 1 rings (SSSR count). The highest BCUT2D eigenvalue weighted by atomic mass is 16.5. The van der Waals surface area contributed by atoms with Gasteiger partial charge in [-0.3, -0.25) is 0 Å². The number of nitrogen functional groups attached to an aromatic ring is 1. The molecule has 0 aliphatic carbocycles. The first-order chi connectivity index (χ1) is 8.35. The van der Waals surface area contributed by atoms with Gasteiger partial charge in [0, 0.05) is 19.2 Å². The van der Waals surface area contributed by atoms with Gasteiger partial charge in [-0.2, -0.15) is 0 Å². The number of anilines is 1. The Morgan fingerprint density at radius 2 is 2.06 bits per heavy atom. The second kappa shape index (κ2) is 5.87. The third-order valence-electron chi connectivity index (χ3n) is 2.96. The fourth-order valence-corrected chi connectivity index (χ4v) is 1.49. The van der Waals surface area contributed by atoms with E-state index < -0.39 is 0 Å². The Kier molecular flexibility index (Phi) is 4.73. The van der Waals surface area contributed by atoms with Gasteiger partial charge in [0.15, 0.2) is 0 Å². The zero-order valence-corrected chi connectivity index (χ0v) is 11.4. The number of nitrogens with two attached hydrogens (primary N) is 1. The van der Waals surface area contributed by atoms with Crippen molar-refractivity contribution in [3.63, 3.8) is 0 Å². The molecule has 1 aromatic carbocycles. The Morgan fingerprint density at radius 1 is 1.39 bits per heavy atom. The first-order valence-electron chi connectivity index (χ1n) is 5.94. The average Bonchev–Trinajstić information content (AvgIpc) is 2.28. The van der Waals surface area contributed by atoms with E-state index in [-0.39, 0.29) is 11.6 Å². The molecule has 2 N–H and O–H groups in total. The summed E-state index contributed by atoms with van der Waals surface area (Å²) in [5.74, 6) is -0.320. The van der Waals surface area contributed by atoms with Gasteiger partial charge < -0.3 is 15.2 Å². The van der Waals surface area contributed by atoms with Crippen LogP contribution in [0, 0.1) is 6.92 Å². The Balaban J connectivity index is 2.56. The van der Waals surface area contributed by atoms with Gasteiger partial charge in [0.1, 0.15) is 0 Å². The summed E-state index contributed by atoms with van der Waals surface area (Å²) >= 11 is 0. The van der Waals surface area contributed by atoms with Gasteiger partial charge in [-0.1, -0.05) is 0 Å². The van der Waals surface area contributed by atoms with Crippen molar-refractivity contribution in [3.8, 4) is 0 Å². The standard InChI is InChI=1S/C14H21NO3/c1-10-9-11(15)5-6-12(10)13(16)18-8-7-14(2,3)17-4/h5-6,9H,7-8,15H2,1-4H3. The first-order valence-corrected chi connectivity index (χ1v) is 5.94. The van der Waals surface area contributed by atoms with Crippen LogP contribution in [-0.4, -0.2) is 25.3 Å². The molecule has 100 valence electrons. The summed E-state index contributed by atoms with van der Waals surface area (Å²) in [6.45, 7) is 6.08. The SMILES string of the molecule is COC(C)(C)CCOC(=O)c1ccc(N)cc1C. The summed E-state index contributed by atoms with van der Waals surface area (Å²) < 4.78 is 10.5. The van der Waals surface area contributed by atoms with E-state index in [2.05, 4.69) is 0 Å². The summed E-state index contributed by atoms with van der Waals surface area (Å²) in [6.07, 6.45) is 0.656. The minimum atomic E-state index is -0.320. The maximum Gasteiger partial charge on any atom is 0.338 e. The number of carbonyl (C=O) groups excluding carboxylic acids is 1. The molecule has 18 heavy (non-hydrogen) atoms. The molecule has 0 heterocycles. The van der Waals surface area contributed by atoms with Gasteiger partial charge in [-0.05, 0) is 44.5 Å². The highest BCUT2D eigenvalue weighted by molar-refractivity contribution is 5.91. The third kappa shape index (κ3) is 4.04. The number of benzene rings is 1. The van der Waals surface area contributed by atoms with Crippen LogP contribution in [-0.2, 0) is 9.47 Å². The lowest BCUT2D eigenvalue weighted by atomic mass is 10.1. The molecule has 0 bridgehead atoms. The molecular formula is C14H21NO3. The number of ether oxygens (including phenoxy) is 2. The summed E-state index contributed by atoms with van der Waals surface area (Å²) in [7, 11) is 1.64. The van der Waals surface area contributed by atoms with Gasteiger partial charge in [0.25, 0.3) is 0 Å². The van der Waals surface area contributed by atoms with Gasteiger partial charge in [0.2, 0.25) is 0 Å². The Bertz CT molecular complexity index is 427. The minimum Gasteiger partial charge on any atom is -0.462 e. The second-order valence-corrected chi connectivity index (χ2v) is 4.92. The van der Waals surface area contributed by atoms with Crippen LogP contribution in [0.5, 0.6) is 0 Å². The van der Waals surface area contributed by atoms with Gasteiger partial charge in [-0.25, -0.2) is 4.79 Å². The molecule has 0 spiro atoms. The maximum atomic E-state index is 11.8. The van der Waals surface area contributed by atoms with Crippen molar-refractivity contribution >= 4 is 11.7 Å². The van der Waals surface area contributed by atoms with Crippen molar-refractivity contribution in [2.45, 2.75) is 32.8 Å². The average molecular weight is 251 g/mol. The molecule has 4 nitrogen and oxygen atoms in total. The van der Waals surface area contributed by atoms with Gasteiger partial charge in [-0.15, -0.1) is 0 Å². The highest BCUT2D eigenvalue weighted by Gasteiger charge is 2.18. The number of aryl methyl sites for hydroxylation is 1. The van der Waals surface area contributed by atoms with Gasteiger partial charge >= 0.3 is 5.97 Å². The molecule has 0 aliphatic rings. The lowest BCUT2D eigenvalue weighted by Crippen LogP contribution is -2.25. The molecule has 0 amide bonds. The molecule has 0 aliphatic heterocycles. The molecule has 0 atom stereocenters. The van der Waals surface area contributed by atoms with Crippen LogP contribution in [0.2, 0.25) is 0 Å². The third-order valence-corrected chi connectivity index (χ3v) is 2.96. The largest absolute Gasteiger partial charge is 0.462 e. The maximum absolute atomic E-state index is 11.8. The lowest BCUT2D eigenvalue weighted by Gasteiger charge is -2.22. The van der Waals surface area contributed by atoms with Crippen molar-refractivity contribution < 1.29 is 14.3 Å². The van der Waals surface area contributed by atoms with E-state index in [1.807, 2.05) is 20.8 Å². The van der Waals surface area contributed by atoms with Crippen molar-refractivity contribution in [2.24, 2.45) is 0 Å². The van der Waals surface area contributed by atoms with Crippen LogP contribution in [0.4, 0.5) is 5.69 Å². The first kappa shape index (κ1) is 14.5. The summed E-state index contributed by atoms with van der Waals surface area (Å²) in [6, 6.07) is 5.15. The van der Waals surface area contributed by atoms with Crippen molar-refractivity contribution in [1.29, 1.82) is 0 Å². The van der Waals surface area contributed by atoms with Crippen molar-refractivity contribution in [1.82, 2.24) is 0 Å². The lowest BCUT2D eigenvalue weighted by molar-refractivity contribution is -0.00564. The van der Waals surface area contributed by atoms with Crippen LogP contribution < -0.4 is 5.73 Å². The summed E-state index contributed by atoms with van der Waals surface area (Å²) in [5, 5.41) is 0. The van der Waals surface area contributed by atoms with E-state index in [0.717, 1.165) is 5.56 Å². The monoisotopic (exact) mass is 251 g/mol. The van der Waals surface area contributed by atoms with Crippen LogP contribution >= 0.6 is 0 Å². The fraction of sp³-hybridized carbons (Fsp3) is 0.500. The molecule has 0 aromatic heterocycles. The topological polar surface area (TPSA) is 61.5 Å². The van der Waals surface area contributed by atoms with Crippen molar-refractivity contribution in [2.75, 3.05) is 19.5 Å². The zero-order valence-electron chi connectivity index (χ0n) is 11.4. The predicted octanol–water partition coefficient (Wildman–Crippen LogP) is 2.55. The Hall–Kier alpha value is -1.55. The van der Waals surface area contributed by atoms with Crippen LogP contribution in [0.25, 0.3) is 0 Å². The number of methoxy groups -OCH3 is 1. The molecule has 4 heteroatoms. The van der Waals surface area contributed by atoms with E-state index in [9.17, 15) is 4.79 Å². The van der Waals surface area contributed by atoms with E-state index in [1.165, 1.54) is 0 Å². The number of esters is 1. The molecule has 0 saturated heterocycles. The van der Waals surface area contributed by atoms with E-state index in [1.54, 1.807) is 25.3 Å². The van der Waals surface area contributed by atoms with E-state index in [4.69, 9.17) is 15.2 Å². The quantitative estimate of drug-likeness (QED) is 0.645. The second-order valence-electron chi connectivity index (χ2n) is 4.92. The number of carbonyl (C=O) groups is 1. The normalized spacial score (nSPS) is 11.3. The van der Waals surface area contributed by atoms with E-state index >= 15 is 0 Å². The Labute approximate surface area is 108 Å². The van der Waals surface area contributed by atoms with Crippen molar-refractivity contribution in [3.05, 3.63) is 29.3 Å². The smallest absolute Gasteiger partial charge is 0.338 e. The molecular weight excluding hydrogens is 230 g/mol. The molecule has 0 fully saturated rings. The van der Waals surface area contributed by atoms with Crippen LogP contribution in [0.1, 0.15) is 36.2 Å². The highest BCUT2D eigenvalue weighted by Crippen LogP contribution is 2.16.